The van der Waals surface area contributed by atoms with Crippen LogP contribution >= 0.6 is 0 Å². The second-order valence-corrected chi connectivity index (χ2v) is 6.64. The van der Waals surface area contributed by atoms with E-state index in [0.29, 0.717) is 6.54 Å². The van der Waals surface area contributed by atoms with Gasteiger partial charge in [0.25, 0.3) is 0 Å². The van der Waals surface area contributed by atoms with Gasteiger partial charge in [0.05, 0.1) is 12.1 Å². The zero-order chi connectivity index (χ0) is 16.3. The van der Waals surface area contributed by atoms with Crippen molar-refractivity contribution in [3.63, 3.8) is 0 Å². The van der Waals surface area contributed by atoms with Crippen LogP contribution in [-0.2, 0) is 6.42 Å². The van der Waals surface area contributed by atoms with Crippen molar-refractivity contribution >= 4 is 16.9 Å². The summed E-state index contributed by atoms with van der Waals surface area (Å²) in [5.41, 5.74) is 3.16. The van der Waals surface area contributed by atoms with E-state index in [4.69, 9.17) is 0 Å². The van der Waals surface area contributed by atoms with E-state index >= 15 is 0 Å². The lowest BCUT2D eigenvalue weighted by molar-refractivity contribution is 0.163. The molecular formula is C18H25N3O2. The first-order valence-electron chi connectivity index (χ1n) is 8.35. The maximum Gasteiger partial charge on any atom is 0.315 e. The highest BCUT2D eigenvalue weighted by molar-refractivity contribution is 5.84. The Balaban J connectivity index is 1.53. The summed E-state index contributed by atoms with van der Waals surface area (Å²) >= 11 is 0. The van der Waals surface area contributed by atoms with Crippen LogP contribution < -0.4 is 10.6 Å². The van der Waals surface area contributed by atoms with Crippen molar-refractivity contribution < 1.29 is 9.90 Å². The van der Waals surface area contributed by atoms with Crippen LogP contribution in [0.2, 0.25) is 0 Å². The largest absolute Gasteiger partial charge is 0.394 e. The zero-order valence-electron chi connectivity index (χ0n) is 13.6. The summed E-state index contributed by atoms with van der Waals surface area (Å²) in [6.07, 6.45) is 6.64. The molecule has 1 aromatic heterocycles. The lowest BCUT2D eigenvalue weighted by Gasteiger charge is -2.27. The molecule has 0 unspecified atom stereocenters. The van der Waals surface area contributed by atoms with Crippen LogP contribution in [0.1, 0.15) is 36.8 Å². The molecule has 1 heterocycles. The molecule has 1 saturated carbocycles. The number of hydrogen-bond acceptors (Lipinski definition) is 2. The van der Waals surface area contributed by atoms with Crippen LogP contribution in [0, 0.1) is 6.92 Å². The van der Waals surface area contributed by atoms with E-state index in [1.165, 1.54) is 16.5 Å². The van der Waals surface area contributed by atoms with Gasteiger partial charge in [0, 0.05) is 23.6 Å². The minimum absolute atomic E-state index is 0.0161. The zero-order valence-corrected chi connectivity index (χ0v) is 13.6. The van der Waals surface area contributed by atoms with Crippen molar-refractivity contribution in [3.8, 4) is 0 Å². The van der Waals surface area contributed by atoms with Crippen LogP contribution in [0.25, 0.3) is 10.9 Å². The predicted octanol–water partition coefficient (Wildman–Crippen LogP) is 2.62. The SMILES string of the molecule is Cc1ccc2c(CCNC(=O)NC3(CO)CCCC3)c[nH]c2c1. The van der Waals surface area contributed by atoms with Gasteiger partial charge in [-0.05, 0) is 43.4 Å². The molecule has 23 heavy (non-hydrogen) atoms. The third-order valence-corrected chi connectivity index (χ3v) is 4.84. The van der Waals surface area contributed by atoms with E-state index in [1.807, 2.05) is 6.20 Å². The Kier molecular flexibility index (Phi) is 4.57. The molecule has 1 aliphatic carbocycles. The monoisotopic (exact) mass is 315 g/mol. The number of benzene rings is 1. The molecule has 5 nitrogen and oxygen atoms in total. The topological polar surface area (TPSA) is 77.2 Å². The molecule has 1 fully saturated rings. The number of hydrogen-bond donors (Lipinski definition) is 4. The van der Waals surface area contributed by atoms with Crippen molar-refractivity contribution in [3.05, 3.63) is 35.5 Å². The van der Waals surface area contributed by atoms with Gasteiger partial charge < -0.3 is 20.7 Å². The molecule has 1 aliphatic rings. The molecule has 0 bridgehead atoms. The van der Waals surface area contributed by atoms with Gasteiger partial charge in [0.15, 0.2) is 0 Å². The Morgan fingerprint density at radius 2 is 2.13 bits per heavy atom. The summed E-state index contributed by atoms with van der Waals surface area (Å²) in [5.74, 6) is 0. The molecule has 3 rings (SSSR count). The highest BCUT2D eigenvalue weighted by Gasteiger charge is 2.34. The average Bonchev–Trinajstić information content (AvgIpc) is 3.15. The third kappa shape index (κ3) is 3.50. The number of H-pyrrole nitrogens is 1. The van der Waals surface area contributed by atoms with Gasteiger partial charge in [-0.3, -0.25) is 0 Å². The second kappa shape index (κ2) is 6.62. The number of aliphatic hydroxyl groups is 1. The molecule has 0 saturated heterocycles. The Morgan fingerprint density at radius 1 is 1.35 bits per heavy atom. The van der Waals surface area contributed by atoms with Crippen LogP contribution in [0.15, 0.2) is 24.4 Å². The maximum atomic E-state index is 12.1. The number of amides is 2. The summed E-state index contributed by atoms with van der Waals surface area (Å²) in [5, 5.41) is 16.6. The van der Waals surface area contributed by atoms with E-state index < -0.39 is 5.54 Å². The quantitative estimate of drug-likeness (QED) is 0.684. The van der Waals surface area contributed by atoms with Crippen LogP contribution in [0.5, 0.6) is 0 Å². The fourth-order valence-electron chi connectivity index (χ4n) is 3.48. The van der Waals surface area contributed by atoms with E-state index in [2.05, 4.69) is 40.7 Å². The van der Waals surface area contributed by atoms with Crippen molar-refractivity contribution in [1.29, 1.82) is 0 Å². The number of aromatic nitrogens is 1. The minimum atomic E-state index is -0.414. The van der Waals surface area contributed by atoms with Gasteiger partial charge in [0.1, 0.15) is 0 Å². The molecule has 1 aromatic carbocycles. The molecule has 2 aromatic rings. The smallest absolute Gasteiger partial charge is 0.315 e. The fourth-order valence-corrected chi connectivity index (χ4v) is 3.48. The minimum Gasteiger partial charge on any atom is -0.394 e. The molecule has 0 aliphatic heterocycles. The summed E-state index contributed by atoms with van der Waals surface area (Å²) in [4.78, 5) is 15.3. The van der Waals surface area contributed by atoms with Gasteiger partial charge in [-0.1, -0.05) is 25.0 Å². The molecule has 4 N–H and O–H groups in total. The van der Waals surface area contributed by atoms with Gasteiger partial charge >= 0.3 is 6.03 Å². The number of aromatic amines is 1. The Morgan fingerprint density at radius 3 is 2.87 bits per heavy atom. The summed E-state index contributed by atoms with van der Waals surface area (Å²) in [6.45, 7) is 2.67. The molecule has 124 valence electrons. The first-order valence-corrected chi connectivity index (χ1v) is 8.35. The van der Waals surface area contributed by atoms with E-state index in [0.717, 1.165) is 37.6 Å². The predicted molar refractivity (Wildman–Crippen MR) is 91.6 cm³/mol. The standard InChI is InChI=1S/C18H25N3O2/c1-13-4-5-15-14(11-20-16(15)10-13)6-9-19-17(23)21-18(12-22)7-2-3-8-18/h4-5,10-11,20,22H,2-3,6-9,12H2,1H3,(H2,19,21,23). The van der Waals surface area contributed by atoms with Gasteiger partial charge in [-0.15, -0.1) is 0 Å². The highest BCUT2D eigenvalue weighted by Crippen LogP contribution is 2.28. The fraction of sp³-hybridized carbons (Fsp3) is 0.500. The molecule has 0 atom stereocenters. The van der Waals surface area contributed by atoms with Crippen molar-refractivity contribution in [2.75, 3.05) is 13.2 Å². The molecule has 0 radical (unpaired) electrons. The highest BCUT2D eigenvalue weighted by atomic mass is 16.3. The molecular weight excluding hydrogens is 290 g/mol. The Bertz CT molecular complexity index is 687. The number of nitrogens with one attached hydrogen (secondary N) is 3. The van der Waals surface area contributed by atoms with Crippen LogP contribution in [-0.4, -0.2) is 34.8 Å². The molecule has 2 amide bonds. The number of aliphatic hydroxyl groups excluding tert-OH is 1. The van der Waals surface area contributed by atoms with Gasteiger partial charge in [-0.2, -0.15) is 0 Å². The summed E-state index contributed by atoms with van der Waals surface area (Å²) in [6, 6.07) is 6.17. The first kappa shape index (κ1) is 15.9. The number of rotatable bonds is 5. The Labute approximate surface area is 136 Å². The number of urea groups is 1. The number of fused-ring (bicyclic) bond motifs is 1. The third-order valence-electron chi connectivity index (χ3n) is 4.84. The lowest BCUT2D eigenvalue weighted by atomic mass is 9.99. The Hall–Kier alpha value is -2.01. The molecule has 5 heteroatoms. The summed E-state index contributed by atoms with van der Waals surface area (Å²) < 4.78 is 0. The molecule has 0 spiro atoms. The first-order chi connectivity index (χ1) is 11.1. The maximum absolute atomic E-state index is 12.1. The van der Waals surface area contributed by atoms with Crippen molar-refractivity contribution in [2.24, 2.45) is 0 Å². The second-order valence-electron chi connectivity index (χ2n) is 6.64. The van der Waals surface area contributed by atoms with Crippen LogP contribution in [0.4, 0.5) is 4.79 Å². The number of aryl methyl sites for hydroxylation is 1. The van der Waals surface area contributed by atoms with E-state index in [9.17, 15) is 9.90 Å². The van der Waals surface area contributed by atoms with Crippen molar-refractivity contribution in [1.82, 2.24) is 15.6 Å². The van der Waals surface area contributed by atoms with E-state index in [-0.39, 0.29) is 12.6 Å². The normalized spacial score (nSPS) is 16.6. The van der Waals surface area contributed by atoms with Gasteiger partial charge in [0.2, 0.25) is 0 Å². The van der Waals surface area contributed by atoms with Crippen LogP contribution in [0.3, 0.4) is 0 Å². The average molecular weight is 315 g/mol. The number of carbonyl (C=O) groups excluding carboxylic acids is 1. The number of carbonyl (C=O) groups is 1. The summed E-state index contributed by atoms with van der Waals surface area (Å²) in [7, 11) is 0. The van der Waals surface area contributed by atoms with Gasteiger partial charge in [-0.25, -0.2) is 4.79 Å². The lowest BCUT2D eigenvalue weighted by Crippen LogP contribution is -2.53. The van der Waals surface area contributed by atoms with Crippen molar-refractivity contribution in [2.45, 2.75) is 44.6 Å². The van der Waals surface area contributed by atoms with E-state index in [1.54, 1.807) is 0 Å².